The van der Waals surface area contributed by atoms with Crippen molar-refractivity contribution in [3.63, 3.8) is 0 Å². The number of likely N-dealkylation sites (N-methyl/N-ethyl adjacent to an activating group) is 1. The molecule has 0 heterocycles. The largest absolute Gasteiger partial charge is 0.492 e. The summed E-state index contributed by atoms with van der Waals surface area (Å²) >= 11 is 0. The molecule has 0 saturated carbocycles. The maximum Gasteiger partial charge on any atom is 0.328 e. The first-order valence-electron chi connectivity index (χ1n) is 6.81. The monoisotopic (exact) mass is 293 g/mol. The second-order valence-corrected chi connectivity index (χ2v) is 5.64. The Kier molecular flexibility index (Phi) is 6.39. The molecule has 0 aliphatic rings. The van der Waals surface area contributed by atoms with Gasteiger partial charge in [-0.15, -0.1) is 0 Å². The van der Waals surface area contributed by atoms with E-state index in [2.05, 4.69) is 0 Å². The molecule has 0 aliphatic heterocycles. The standard InChI is InChI=1S/C16H23NO4/c1-16(2,20)12-17(3)10-11-21-14-7-4-13(5-8-14)6-9-15(18)19/h4-9,20H,10-12H2,1-3H3,(H,18,19). The highest BCUT2D eigenvalue weighted by atomic mass is 16.5. The van der Waals surface area contributed by atoms with Crippen molar-refractivity contribution in [2.75, 3.05) is 26.7 Å². The third kappa shape index (κ3) is 8.12. The van der Waals surface area contributed by atoms with E-state index in [0.717, 1.165) is 17.4 Å². The number of ether oxygens (including phenoxy) is 1. The van der Waals surface area contributed by atoms with Crippen LogP contribution in [0.4, 0.5) is 0 Å². The fraction of sp³-hybridized carbons (Fsp3) is 0.438. The first-order valence-corrected chi connectivity index (χ1v) is 6.81. The summed E-state index contributed by atoms with van der Waals surface area (Å²) in [5, 5.41) is 18.2. The van der Waals surface area contributed by atoms with Crippen molar-refractivity contribution in [3.05, 3.63) is 35.9 Å². The van der Waals surface area contributed by atoms with Gasteiger partial charge < -0.3 is 19.8 Å². The van der Waals surface area contributed by atoms with Crippen LogP contribution in [0.5, 0.6) is 5.75 Å². The van der Waals surface area contributed by atoms with E-state index in [9.17, 15) is 9.90 Å². The van der Waals surface area contributed by atoms with Crippen LogP contribution in [0, 0.1) is 0 Å². The number of carboxylic acid groups (broad SMARTS) is 1. The molecule has 0 aromatic heterocycles. The number of hydrogen-bond acceptors (Lipinski definition) is 4. The zero-order valence-electron chi connectivity index (χ0n) is 12.7. The van der Waals surface area contributed by atoms with Gasteiger partial charge in [-0.1, -0.05) is 12.1 Å². The van der Waals surface area contributed by atoms with Gasteiger partial charge in [-0.25, -0.2) is 4.79 Å². The summed E-state index contributed by atoms with van der Waals surface area (Å²) in [6.07, 6.45) is 2.63. The number of aliphatic carboxylic acids is 1. The molecule has 0 aliphatic carbocycles. The van der Waals surface area contributed by atoms with E-state index in [0.29, 0.717) is 19.7 Å². The van der Waals surface area contributed by atoms with Gasteiger partial charge in [-0.05, 0) is 44.7 Å². The van der Waals surface area contributed by atoms with Gasteiger partial charge in [0.05, 0.1) is 5.60 Å². The van der Waals surface area contributed by atoms with Crippen molar-refractivity contribution >= 4 is 12.0 Å². The molecule has 5 heteroatoms. The van der Waals surface area contributed by atoms with Crippen LogP contribution in [0.25, 0.3) is 6.08 Å². The number of rotatable bonds is 8. The van der Waals surface area contributed by atoms with Gasteiger partial charge in [0, 0.05) is 19.2 Å². The zero-order chi connectivity index (χ0) is 15.9. The first kappa shape index (κ1) is 17.2. The molecule has 0 spiro atoms. The van der Waals surface area contributed by atoms with Gasteiger partial charge in [0.25, 0.3) is 0 Å². The molecule has 1 rings (SSSR count). The van der Waals surface area contributed by atoms with Gasteiger partial charge in [-0.2, -0.15) is 0 Å². The van der Waals surface area contributed by atoms with Gasteiger partial charge in [-0.3, -0.25) is 0 Å². The molecule has 0 fully saturated rings. The van der Waals surface area contributed by atoms with E-state index in [1.165, 1.54) is 6.08 Å². The van der Waals surface area contributed by atoms with Crippen LogP contribution in [0.3, 0.4) is 0 Å². The average molecular weight is 293 g/mol. The van der Waals surface area contributed by atoms with Crippen LogP contribution in [0.15, 0.2) is 30.3 Å². The minimum atomic E-state index is -0.967. The molecule has 116 valence electrons. The molecule has 0 saturated heterocycles. The molecule has 1 aromatic rings. The van der Waals surface area contributed by atoms with Crippen LogP contribution in [0.2, 0.25) is 0 Å². The third-order valence-corrected chi connectivity index (χ3v) is 2.70. The second-order valence-electron chi connectivity index (χ2n) is 5.64. The lowest BCUT2D eigenvalue weighted by Gasteiger charge is -2.25. The van der Waals surface area contributed by atoms with E-state index in [-0.39, 0.29) is 0 Å². The van der Waals surface area contributed by atoms with Gasteiger partial charge in [0.1, 0.15) is 12.4 Å². The van der Waals surface area contributed by atoms with Crippen LogP contribution >= 0.6 is 0 Å². The van der Waals surface area contributed by atoms with Gasteiger partial charge >= 0.3 is 5.97 Å². The molecule has 1 aromatic carbocycles. The Morgan fingerprint density at radius 1 is 1.33 bits per heavy atom. The van der Waals surface area contributed by atoms with Crippen LogP contribution in [-0.4, -0.2) is 53.4 Å². The fourth-order valence-electron chi connectivity index (χ4n) is 1.90. The second kappa shape index (κ2) is 7.81. The Balaban J connectivity index is 2.38. The topological polar surface area (TPSA) is 70.0 Å². The van der Waals surface area contributed by atoms with Crippen LogP contribution < -0.4 is 4.74 Å². The van der Waals surface area contributed by atoms with E-state index in [1.54, 1.807) is 38.1 Å². The molecule has 0 unspecified atom stereocenters. The zero-order valence-corrected chi connectivity index (χ0v) is 12.7. The fourth-order valence-corrected chi connectivity index (χ4v) is 1.90. The van der Waals surface area contributed by atoms with E-state index in [1.807, 2.05) is 11.9 Å². The summed E-state index contributed by atoms with van der Waals surface area (Å²) in [5.41, 5.74) is 0.0938. The lowest BCUT2D eigenvalue weighted by Crippen LogP contribution is -2.38. The molecule has 0 bridgehead atoms. The summed E-state index contributed by atoms with van der Waals surface area (Å²) in [7, 11) is 1.93. The van der Waals surface area contributed by atoms with Crippen molar-refractivity contribution in [2.45, 2.75) is 19.4 Å². The first-order chi connectivity index (χ1) is 9.76. The Hall–Kier alpha value is -1.85. The molecule has 5 nitrogen and oxygen atoms in total. The lowest BCUT2D eigenvalue weighted by molar-refractivity contribution is -0.131. The summed E-state index contributed by atoms with van der Waals surface area (Å²) in [4.78, 5) is 12.4. The van der Waals surface area contributed by atoms with E-state index in [4.69, 9.17) is 9.84 Å². The molecule has 2 N–H and O–H groups in total. The summed E-state index contributed by atoms with van der Waals surface area (Å²) < 4.78 is 5.61. The minimum absolute atomic E-state index is 0.525. The molecule has 21 heavy (non-hydrogen) atoms. The minimum Gasteiger partial charge on any atom is -0.492 e. The predicted molar refractivity (Wildman–Crippen MR) is 82.4 cm³/mol. The Bertz CT molecular complexity index is 474. The van der Waals surface area contributed by atoms with Gasteiger partial charge in [0.2, 0.25) is 0 Å². The third-order valence-electron chi connectivity index (χ3n) is 2.70. The molecule has 0 radical (unpaired) electrons. The highest BCUT2D eigenvalue weighted by Crippen LogP contribution is 2.13. The molecule has 0 atom stereocenters. The number of carboxylic acids is 1. The Morgan fingerprint density at radius 2 is 1.95 bits per heavy atom. The maximum atomic E-state index is 10.4. The molecular formula is C16H23NO4. The van der Waals surface area contributed by atoms with Gasteiger partial charge in [0.15, 0.2) is 0 Å². The number of aliphatic hydroxyl groups is 1. The number of carbonyl (C=O) groups is 1. The quantitative estimate of drug-likeness (QED) is 0.716. The van der Waals surface area contributed by atoms with Crippen molar-refractivity contribution in [1.82, 2.24) is 4.90 Å². The van der Waals surface area contributed by atoms with Crippen LogP contribution in [0.1, 0.15) is 19.4 Å². The van der Waals surface area contributed by atoms with E-state index < -0.39 is 11.6 Å². The molecular weight excluding hydrogens is 270 g/mol. The lowest BCUT2D eigenvalue weighted by atomic mass is 10.1. The normalized spacial score (nSPS) is 12.0. The Morgan fingerprint density at radius 3 is 2.48 bits per heavy atom. The average Bonchev–Trinajstić information content (AvgIpc) is 2.35. The highest BCUT2D eigenvalue weighted by Gasteiger charge is 2.15. The SMILES string of the molecule is CN(CCOc1ccc(C=CC(=O)O)cc1)CC(C)(C)O. The summed E-state index contributed by atoms with van der Waals surface area (Å²) in [6, 6.07) is 7.21. The predicted octanol–water partition coefficient (Wildman–Crippen LogP) is 1.87. The van der Waals surface area contributed by atoms with Crippen molar-refractivity contribution in [1.29, 1.82) is 0 Å². The van der Waals surface area contributed by atoms with Crippen LogP contribution in [-0.2, 0) is 4.79 Å². The number of benzene rings is 1. The Labute approximate surface area is 125 Å². The summed E-state index contributed by atoms with van der Waals surface area (Å²) in [6.45, 7) is 5.36. The summed E-state index contributed by atoms with van der Waals surface area (Å²) in [5.74, 6) is -0.232. The molecule has 0 amide bonds. The number of nitrogens with zero attached hydrogens (tertiary/aromatic N) is 1. The van der Waals surface area contributed by atoms with E-state index >= 15 is 0 Å². The highest BCUT2D eigenvalue weighted by molar-refractivity contribution is 5.85. The maximum absolute atomic E-state index is 10.4. The van der Waals surface area contributed by atoms with Crippen molar-refractivity contribution < 1.29 is 19.7 Å². The van der Waals surface area contributed by atoms with Crippen molar-refractivity contribution in [3.8, 4) is 5.75 Å². The smallest absolute Gasteiger partial charge is 0.328 e. The number of hydrogen-bond donors (Lipinski definition) is 2. The van der Waals surface area contributed by atoms with Crippen molar-refractivity contribution in [2.24, 2.45) is 0 Å².